The molecule has 3 atom stereocenters. The molecule has 5 rings (SSSR count). The summed E-state index contributed by atoms with van der Waals surface area (Å²) in [5, 5.41) is 19.2. The Morgan fingerprint density at radius 2 is 1.97 bits per heavy atom. The molecule has 0 unspecified atom stereocenters. The summed E-state index contributed by atoms with van der Waals surface area (Å²) in [6, 6.07) is 5.72. The molecule has 2 aliphatic rings. The van der Waals surface area contributed by atoms with Gasteiger partial charge in [-0.15, -0.1) is 10.2 Å². The molecule has 2 fully saturated rings. The lowest BCUT2D eigenvalue weighted by Gasteiger charge is -2.40. The summed E-state index contributed by atoms with van der Waals surface area (Å²) in [5.74, 6) is 0.392. The lowest BCUT2D eigenvalue weighted by molar-refractivity contribution is 0.166. The molecule has 0 bridgehead atoms. The molecular formula is C25H28F2N6O2. The van der Waals surface area contributed by atoms with E-state index in [1.807, 2.05) is 0 Å². The summed E-state index contributed by atoms with van der Waals surface area (Å²) in [4.78, 5) is 22.1. The van der Waals surface area contributed by atoms with E-state index in [1.165, 1.54) is 13.1 Å². The van der Waals surface area contributed by atoms with Gasteiger partial charge in [0.05, 0.1) is 23.5 Å². The molecule has 0 radical (unpaired) electrons. The second-order valence-corrected chi connectivity index (χ2v) is 9.49. The van der Waals surface area contributed by atoms with E-state index in [1.54, 1.807) is 18.3 Å². The number of hydrogen-bond acceptors (Lipinski definition) is 7. The van der Waals surface area contributed by atoms with Gasteiger partial charge in [0.25, 0.3) is 0 Å². The van der Waals surface area contributed by atoms with Gasteiger partial charge >= 0.3 is 5.69 Å². The number of phenols is 1. The Morgan fingerprint density at radius 1 is 1.17 bits per heavy atom. The number of aromatic nitrogens is 5. The minimum absolute atomic E-state index is 0.112. The molecule has 1 N–H and O–H groups in total. The maximum atomic E-state index is 14.9. The van der Waals surface area contributed by atoms with Crippen LogP contribution in [0.5, 0.6) is 5.75 Å². The maximum absolute atomic E-state index is 14.9. The molecule has 2 heterocycles. The van der Waals surface area contributed by atoms with E-state index in [9.17, 15) is 18.7 Å². The van der Waals surface area contributed by atoms with Crippen molar-refractivity contribution in [1.82, 2.24) is 24.7 Å². The van der Waals surface area contributed by atoms with Gasteiger partial charge in [-0.3, -0.25) is 4.57 Å². The van der Waals surface area contributed by atoms with Crippen LogP contribution in [-0.4, -0.2) is 48.1 Å². The molecule has 10 heteroatoms. The zero-order chi connectivity index (χ0) is 24.7. The third-order valence-corrected chi connectivity index (χ3v) is 7.15. The number of alkyl halides is 1. The van der Waals surface area contributed by atoms with Crippen LogP contribution in [0.3, 0.4) is 0 Å². The summed E-state index contributed by atoms with van der Waals surface area (Å²) >= 11 is 0. The van der Waals surface area contributed by atoms with Crippen LogP contribution in [0.4, 0.5) is 14.6 Å². The van der Waals surface area contributed by atoms with E-state index in [2.05, 4.69) is 32.0 Å². The Balaban J connectivity index is 1.41. The van der Waals surface area contributed by atoms with Gasteiger partial charge in [0, 0.05) is 24.7 Å². The monoisotopic (exact) mass is 482 g/mol. The predicted octanol–water partition coefficient (Wildman–Crippen LogP) is 4.03. The molecule has 0 spiro atoms. The smallest absolute Gasteiger partial charge is 0.350 e. The normalized spacial score (nSPS) is 22.2. The van der Waals surface area contributed by atoms with E-state index in [0.717, 1.165) is 42.7 Å². The zero-order valence-electron chi connectivity index (χ0n) is 19.7. The summed E-state index contributed by atoms with van der Waals surface area (Å²) in [6.07, 6.45) is 6.03. The summed E-state index contributed by atoms with van der Waals surface area (Å²) < 4.78 is 29.7. The molecule has 3 aromatic rings. The van der Waals surface area contributed by atoms with Crippen molar-refractivity contribution in [2.45, 2.75) is 63.7 Å². The highest BCUT2D eigenvalue weighted by molar-refractivity contribution is 5.71. The van der Waals surface area contributed by atoms with Crippen molar-refractivity contribution in [3.63, 3.8) is 0 Å². The van der Waals surface area contributed by atoms with Crippen LogP contribution in [0, 0.1) is 11.9 Å². The number of benzene rings is 1. The largest absolute Gasteiger partial charge is 0.507 e. The number of halogens is 2. The average Bonchev–Trinajstić information content (AvgIpc) is 3.69. The van der Waals surface area contributed by atoms with Crippen LogP contribution in [0.15, 0.2) is 35.3 Å². The van der Waals surface area contributed by atoms with Crippen molar-refractivity contribution >= 4 is 5.82 Å². The van der Waals surface area contributed by atoms with Crippen molar-refractivity contribution in [3.8, 4) is 28.4 Å². The highest BCUT2D eigenvalue weighted by Gasteiger charge is 2.41. The van der Waals surface area contributed by atoms with Crippen LogP contribution in [0.2, 0.25) is 0 Å². The van der Waals surface area contributed by atoms with Gasteiger partial charge in [0.2, 0.25) is 0 Å². The quantitative estimate of drug-likeness (QED) is 0.530. The number of phenolic OH excluding ortho intramolecular Hbond substituents is 1. The van der Waals surface area contributed by atoms with Crippen molar-refractivity contribution in [2.75, 3.05) is 4.90 Å². The van der Waals surface area contributed by atoms with Crippen LogP contribution in [0.1, 0.15) is 45.4 Å². The summed E-state index contributed by atoms with van der Waals surface area (Å²) in [5.41, 5.74) is 0.0949. The van der Waals surface area contributed by atoms with E-state index in [0.29, 0.717) is 29.3 Å². The number of nitrogens with zero attached hydrogens (tertiary/aromatic N) is 6. The van der Waals surface area contributed by atoms with E-state index < -0.39 is 17.8 Å². The second kappa shape index (κ2) is 9.31. The van der Waals surface area contributed by atoms with Gasteiger partial charge < -0.3 is 10.0 Å². The first-order valence-electron chi connectivity index (χ1n) is 12.0. The fraction of sp³-hybridized carbons (Fsp3) is 0.480. The molecule has 0 saturated heterocycles. The topological polar surface area (TPSA) is 97.0 Å². The lowest BCUT2D eigenvalue weighted by Crippen LogP contribution is -2.47. The van der Waals surface area contributed by atoms with Gasteiger partial charge in [-0.05, 0) is 50.2 Å². The van der Waals surface area contributed by atoms with Gasteiger partial charge in [-0.25, -0.2) is 14.2 Å². The van der Waals surface area contributed by atoms with E-state index in [4.69, 9.17) is 0 Å². The van der Waals surface area contributed by atoms with Crippen LogP contribution in [-0.2, 0) is 7.05 Å². The molecule has 0 amide bonds. The predicted molar refractivity (Wildman–Crippen MR) is 127 cm³/mol. The summed E-state index contributed by atoms with van der Waals surface area (Å²) in [6.45, 7) is 2.15. The van der Waals surface area contributed by atoms with Gasteiger partial charge in [0.1, 0.15) is 11.9 Å². The highest BCUT2D eigenvalue weighted by Crippen LogP contribution is 2.40. The molecule has 184 valence electrons. The highest BCUT2D eigenvalue weighted by atomic mass is 19.1. The Hall–Kier alpha value is -3.43. The van der Waals surface area contributed by atoms with Crippen LogP contribution in [0.25, 0.3) is 22.6 Å². The third kappa shape index (κ3) is 4.61. The van der Waals surface area contributed by atoms with Crippen LogP contribution >= 0.6 is 0 Å². The second-order valence-electron chi connectivity index (χ2n) is 9.49. The number of aromatic hydroxyl groups is 1. The fourth-order valence-electron chi connectivity index (χ4n) is 4.88. The van der Waals surface area contributed by atoms with Crippen molar-refractivity contribution in [1.29, 1.82) is 0 Å². The molecule has 1 aromatic carbocycles. The standard InChI is InChI=1S/C25H28F2N6O2/c1-3-14-4-9-18(26)20(10-14)33(16-6-7-16)23-13-28-24(31-30-23)17-8-5-15(11-21(17)34)19-12-22(27)32(2)25(35)29-19/h5,8,11-14,16,18,20,34H,3-4,6-7,9-10H2,1-2H3/t14-,18+,20-/m1/s1. The molecule has 2 aromatic heterocycles. The molecule has 8 nitrogen and oxygen atoms in total. The van der Waals surface area contributed by atoms with E-state index >= 15 is 0 Å². The fourth-order valence-corrected chi connectivity index (χ4v) is 4.88. The van der Waals surface area contributed by atoms with Crippen molar-refractivity contribution in [2.24, 2.45) is 13.0 Å². The zero-order valence-corrected chi connectivity index (χ0v) is 19.7. The van der Waals surface area contributed by atoms with Crippen LogP contribution < -0.4 is 10.6 Å². The maximum Gasteiger partial charge on any atom is 0.350 e. The van der Waals surface area contributed by atoms with Gasteiger partial charge in [-0.2, -0.15) is 9.37 Å². The number of anilines is 1. The average molecular weight is 483 g/mol. The minimum atomic E-state index is -0.898. The Bertz CT molecular complexity index is 1280. The Kier molecular flexibility index (Phi) is 6.21. The number of hydrogen-bond donors (Lipinski definition) is 1. The lowest BCUT2D eigenvalue weighted by atomic mass is 9.82. The molecule has 0 aliphatic heterocycles. The first-order chi connectivity index (χ1) is 16.9. The minimum Gasteiger partial charge on any atom is -0.507 e. The van der Waals surface area contributed by atoms with Crippen molar-refractivity contribution < 1.29 is 13.9 Å². The first-order valence-corrected chi connectivity index (χ1v) is 12.0. The SMILES string of the molecule is CC[C@@H]1CC[C@H](F)[C@H](N(c2cnc(-c3ccc(-c4cc(F)n(C)c(=O)n4)cc3O)nn2)C2CC2)C1. The first kappa shape index (κ1) is 23.3. The molecule has 2 saturated carbocycles. The molecule has 2 aliphatic carbocycles. The summed E-state index contributed by atoms with van der Waals surface area (Å²) in [7, 11) is 1.29. The Labute approximate surface area is 201 Å². The number of rotatable bonds is 6. The molecular weight excluding hydrogens is 454 g/mol. The van der Waals surface area contributed by atoms with Gasteiger partial charge in [-0.1, -0.05) is 19.4 Å². The third-order valence-electron chi connectivity index (χ3n) is 7.15. The Morgan fingerprint density at radius 3 is 2.60 bits per heavy atom. The van der Waals surface area contributed by atoms with E-state index in [-0.39, 0.29) is 29.4 Å². The van der Waals surface area contributed by atoms with Gasteiger partial charge in [0.15, 0.2) is 17.6 Å². The van der Waals surface area contributed by atoms with Crippen molar-refractivity contribution in [3.05, 3.63) is 46.9 Å². The molecule has 35 heavy (non-hydrogen) atoms.